The van der Waals surface area contributed by atoms with Crippen LogP contribution in [0.4, 0.5) is 11.4 Å². The molecule has 1 aliphatic rings. The normalized spacial score (nSPS) is 13.2. The van der Waals surface area contributed by atoms with Crippen LogP contribution in [-0.4, -0.2) is 66.1 Å². The lowest BCUT2D eigenvalue weighted by Gasteiger charge is -2.24. The summed E-state index contributed by atoms with van der Waals surface area (Å²) in [6.07, 6.45) is 2.68. The minimum Gasteiger partial charge on any atom is -0.383 e. The molecule has 0 atom stereocenters. The highest BCUT2D eigenvalue weighted by molar-refractivity contribution is 7.89. The number of benzene rings is 2. The molecule has 0 bridgehead atoms. The minimum absolute atomic E-state index is 0.0534. The predicted octanol–water partition coefficient (Wildman–Crippen LogP) is 2.72. The van der Waals surface area contributed by atoms with E-state index in [1.807, 2.05) is 13.8 Å². The second kappa shape index (κ2) is 13.3. The lowest BCUT2D eigenvalue weighted by Crippen LogP contribution is -2.32. The maximum Gasteiger partial charge on any atom is 0.211 e. The molecule has 38 heavy (non-hydrogen) atoms. The van der Waals surface area contributed by atoms with Crippen LogP contribution in [0.5, 0.6) is 0 Å². The molecule has 208 valence electrons. The Bertz CT molecular complexity index is 1270. The Balaban J connectivity index is 1.79. The van der Waals surface area contributed by atoms with Crippen molar-refractivity contribution >= 4 is 43.0 Å². The van der Waals surface area contributed by atoms with Crippen molar-refractivity contribution in [2.24, 2.45) is 0 Å². The van der Waals surface area contributed by atoms with Crippen LogP contribution in [0.1, 0.15) is 71.4 Å². The van der Waals surface area contributed by atoms with Gasteiger partial charge in [0.25, 0.3) is 0 Å². The van der Waals surface area contributed by atoms with Gasteiger partial charge in [-0.05, 0) is 25.0 Å². The van der Waals surface area contributed by atoms with Gasteiger partial charge in [-0.3, -0.25) is 9.59 Å². The Kier molecular flexibility index (Phi) is 10.4. The molecule has 0 aromatic heterocycles. The Morgan fingerprint density at radius 2 is 1.00 bits per heavy atom. The first kappa shape index (κ1) is 29.8. The van der Waals surface area contributed by atoms with Gasteiger partial charge in [0.05, 0.1) is 22.6 Å². The van der Waals surface area contributed by atoms with Crippen LogP contribution in [0.15, 0.2) is 36.4 Å². The standard InChI is InChI=1S/C26H36N4O6S2/c1-3-5-17-37(33,34)29-15-13-27-21-11-12-22(28-14-16-30-38(35,36)18-6-4-2)24-23(21)25(31)19-9-7-8-10-20(19)26(24)32/h7-12,27-30H,3-6,13-18H2,1-2H3. The number of anilines is 2. The number of fused-ring (bicyclic) bond motifs is 2. The number of ketones is 2. The molecule has 0 heterocycles. The van der Waals surface area contributed by atoms with Crippen molar-refractivity contribution in [3.8, 4) is 0 Å². The third-order valence-corrected chi connectivity index (χ3v) is 9.07. The van der Waals surface area contributed by atoms with Crippen LogP contribution >= 0.6 is 0 Å². The van der Waals surface area contributed by atoms with Gasteiger partial charge in [-0.2, -0.15) is 0 Å². The van der Waals surface area contributed by atoms with Gasteiger partial charge in [0, 0.05) is 48.7 Å². The molecule has 0 unspecified atom stereocenters. The van der Waals surface area contributed by atoms with Crippen LogP contribution in [0.25, 0.3) is 0 Å². The van der Waals surface area contributed by atoms with Crippen molar-refractivity contribution in [3.63, 3.8) is 0 Å². The SMILES string of the molecule is CCCCS(=O)(=O)NCCNc1ccc(NCCNS(=O)(=O)CCCC)c2c1C(=O)c1ccccc1C2=O. The zero-order chi connectivity index (χ0) is 27.8. The van der Waals surface area contributed by atoms with Gasteiger partial charge < -0.3 is 10.6 Å². The van der Waals surface area contributed by atoms with Crippen molar-refractivity contribution in [2.45, 2.75) is 39.5 Å². The Morgan fingerprint density at radius 1 is 0.605 bits per heavy atom. The third-order valence-electron chi connectivity index (χ3n) is 6.13. The fourth-order valence-corrected chi connectivity index (χ4v) is 6.59. The van der Waals surface area contributed by atoms with Crippen molar-refractivity contribution in [2.75, 3.05) is 48.3 Å². The lowest BCUT2D eigenvalue weighted by atomic mass is 9.82. The largest absolute Gasteiger partial charge is 0.383 e. The first-order chi connectivity index (χ1) is 18.1. The van der Waals surface area contributed by atoms with E-state index in [2.05, 4.69) is 20.1 Å². The van der Waals surface area contributed by atoms with Crippen molar-refractivity contribution in [3.05, 3.63) is 58.7 Å². The van der Waals surface area contributed by atoms with Gasteiger partial charge in [-0.25, -0.2) is 26.3 Å². The van der Waals surface area contributed by atoms with Crippen molar-refractivity contribution in [1.29, 1.82) is 0 Å². The van der Waals surface area contributed by atoms with Crippen LogP contribution in [0.2, 0.25) is 0 Å². The van der Waals surface area contributed by atoms with Gasteiger partial charge in [-0.15, -0.1) is 0 Å². The molecule has 2 aromatic rings. The smallest absolute Gasteiger partial charge is 0.211 e. The summed E-state index contributed by atoms with van der Waals surface area (Å²) in [7, 11) is -6.76. The maximum atomic E-state index is 13.5. The average molecular weight is 565 g/mol. The molecule has 0 amide bonds. The molecule has 0 saturated heterocycles. The first-order valence-corrected chi connectivity index (χ1v) is 16.2. The third kappa shape index (κ3) is 7.62. The fraction of sp³-hybridized carbons (Fsp3) is 0.462. The summed E-state index contributed by atoms with van der Waals surface area (Å²) in [5.74, 6) is -0.523. The summed E-state index contributed by atoms with van der Waals surface area (Å²) in [5, 5.41) is 6.20. The molecule has 2 aromatic carbocycles. The van der Waals surface area contributed by atoms with E-state index in [0.29, 0.717) is 35.3 Å². The summed E-state index contributed by atoms with van der Waals surface area (Å²) >= 11 is 0. The van der Waals surface area contributed by atoms with Crippen LogP contribution < -0.4 is 20.1 Å². The van der Waals surface area contributed by atoms with Crippen molar-refractivity contribution < 1.29 is 26.4 Å². The molecule has 0 radical (unpaired) electrons. The number of nitrogens with one attached hydrogen (secondary N) is 4. The molecule has 10 nitrogen and oxygen atoms in total. The van der Waals surface area contributed by atoms with E-state index in [9.17, 15) is 26.4 Å². The highest BCUT2D eigenvalue weighted by Gasteiger charge is 2.33. The highest BCUT2D eigenvalue weighted by Crippen LogP contribution is 2.36. The Hall–Kier alpha value is -2.80. The molecule has 1 aliphatic carbocycles. The minimum atomic E-state index is -3.38. The summed E-state index contributed by atoms with van der Waals surface area (Å²) in [5.41, 5.74) is 1.85. The van der Waals surface area contributed by atoms with Gasteiger partial charge in [0.1, 0.15) is 0 Å². The number of hydrogen-bond acceptors (Lipinski definition) is 8. The zero-order valence-corrected chi connectivity index (χ0v) is 23.4. The Morgan fingerprint density at radius 3 is 1.37 bits per heavy atom. The van der Waals surface area contributed by atoms with Gasteiger partial charge in [0.2, 0.25) is 20.0 Å². The number of sulfonamides is 2. The number of carbonyl (C=O) groups excluding carboxylic acids is 2. The molecule has 0 saturated carbocycles. The predicted molar refractivity (Wildman–Crippen MR) is 150 cm³/mol. The molecule has 0 fully saturated rings. The average Bonchev–Trinajstić information content (AvgIpc) is 2.90. The topological polar surface area (TPSA) is 151 Å². The number of rotatable bonds is 16. The summed E-state index contributed by atoms with van der Waals surface area (Å²) in [6.45, 7) is 4.51. The first-order valence-electron chi connectivity index (χ1n) is 12.9. The van der Waals surface area contributed by atoms with E-state index >= 15 is 0 Å². The van der Waals surface area contributed by atoms with E-state index in [1.165, 1.54) is 0 Å². The summed E-state index contributed by atoms with van der Waals surface area (Å²) in [6, 6.07) is 9.93. The van der Waals surface area contributed by atoms with Gasteiger partial charge in [0.15, 0.2) is 11.6 Å². The fourth-order valence-electron chi connectivity index (χ4n) is 4.14. The van der Waals surface area contributed by atoms with E-state index in [1.54, 1.807) is 36.4 Å². The Labute approximate surface area is 225 Å². The van der Waals surface area contributed by atoms with Crippen LogP contribution in [0.3, 0.4) is 0 Å². The number of unbranched alkanes of at least 4 members (excludes halogenated alkanes) is 2. The molecule has 0 spiro atoms. The second-order valence-corrected chi connectivity index (χ2v) is 13.0. The maximum absolute atomic E-state index is 13.5. The zero-order valence-electron chi connectivity index (χ0n) is 21.8. The number of hydrogen-bond donors (Lipinski definition) is 4. The van der Waals surface area contributed by atoms with Crippen LogP contribution in [-0.2, 0) is 20.0 Å². The molecular weight excluding hydrogens is 528 g/mol. The van der Waals surface area contributed by atoms with E-state index in [0.717, 1.165) is 12.8 Å². The molecule has 0 aliphatic heterocycles. The molecule has 4 N–H and O–H groups in total. The van der Waals surface area contributed by atoms with Crippen LogP contribution in [0, 0.1) is 0 Å². The summed E-state index contributed by atoms with van der Waals surface area (Å²) < 4.78 is 53.3. The number of carbonyl (C=O) groups is 2. The van der Waals surface area contributed by atoms with Gasteiger partial charge >= 0.3 is 0 Å². The van der Waals surface area contributed by atoms with E-state index in [4.69, 9.17) is 0 Å². The van der Waals surface area contributed by atoms with Gasteiger partial charge in [-0.1, -0.05) is 51.0 Å². The van der Waals surface area contributed by atoms with E-state index in [-0.39, 0.29) is 60.4 Å². The molecule has 12 heteroatoms. The summed E-state index contributed by atoms with van der Waals surface area (Å²) in [4.78, 5) is 27.0. The second-order valence-electron chi connectivity index (χ2n) is 9.10. The highest BCUT2D eigenvalue weighted by atomic mass is 32.2. The molecule has 3 rings (SSSR count). The quantitative estimate of drug-likeness (QED) is 0.194. The monoisotopic (exact) mass is 564 g/mol. The van der Waals surface area contributed by atoms with E-state index < -0.39 is 20.0 Å². The lowest BCUT2D eigenvalue weighted by molar-refractivity contribution is 0.0980. The molecular formula is C26H36N4O6S2. The van der Waals surface area contributed by atoms with Crippen molar-refractivity contribution in [1.82, 2.24) is 9.44 Å².